The first-order valence-corrected chi connectivity index (χ1v) is 16.0. The quantitative estimate of drug-likeness (QED) is 0.135. The summed E-state index contributed by atoms with van der Waals surface area (Å²) in [5, 5.41) is 7.59. The standard InChI is InChI=1S/C33H42BF3N4O7/c1-31(2)32(3,4)48-34(47-31)23-15-13-21(14-16-23)20-46-41-28(43)12-7-5-6-11-25(40-30(45)26-17-18-27(42)39-26)29(44)38-24-10-8-9-22(19-24)33(35,36)37/h8-10,13-16,19,25-26H,5-7,11-12,17-18,20H2,1-4H3,(H,38,44)(H,39,42)(H,40,45)(H,41,43)/t25-,26+/m0/s1. The number of nitrogens with one attached hydrogen (secondary N) is 4. The zero-order valence-electron chi connectivity index (χ0n) is 27.5. The number of halogens is 3. The van der Waals surface area contributed by atoms with Crippen molar-refractivity contribution < 1.29 is 46.5 Å². The number of unbranched alkanes of at least 4 members (excludes halogenated alkanes) is 2. The first kappa shape index (κ1) is 36.9. The number of carbonyl (C=O) groups excluding carboxylic acids is 4. The number of carbonyl (C=O) groups is 4. The lowest BCUT2D eigenvalue weighted by molar-refractivity contribution is -0.137. The monoisotopic (exact) mass is 674 g/mol. The van der Waals surface area contributed by atoms with Gasteiger partial charge in [0, 0.05) is 18.5 Å². The fourth-order valence-corrected chi connectivity index (χ4v) is 5.17. The number of hydrogen-bond donors (Lipinski definition) is 4. The normalized spacial score (nSPS) is 19.0. The molecule has 15 heteroatoms. The van der Waals surface area contributed by atoms with Gasteiger partial charge in [-0.25, -0.2) is 5.48 Å². The second-order valence-electron chi connectivity index (χ2n) is 13.0. The highest BCUT2D eigenvalue weighted by Gasteiger charge is 2.51. The Morgan fingerprint density at radius 1 is 1.02 bits per heavy atom. The molecular weight excluding hydrogens is 632 g/mol. The van der Waals surface area contributed by atoms with Crippen LogP contribution in [0.4, 0.5) is 18.9 Å². The van der Waals surface area contributed by atoms with E-state index < -0.39 is 54.0 Å². The van der Waals surface area contributed by atoms with Gasteiger partial charge in [-0.3, -0.25) is 24.0 Å². The molecule has 0 aliphatic carbocycles. The summed E-state index contributed by atoms with van der Waals surface area (Å²) in [7, 11) is -0.476. The summed E-state index contributed by atoms with van der Waals surface area (Å²) in [5.41, 5.74) is 2.25. The highest BCUT2D eigenvalue weighted by atomic mass is 19.4. The van der Waals surface area contributed by atoms with Gasteiger partial charge in [-0.1, -0.05) is 43.2 Å². The third-order valence-corrected chi connectivity index (χ3v) is 8.73. The van der Waals surface area contributed by atoms with Gasteiger partial charge in [-0.05, 0) is 76.2 Å². The second kappa shape index (κ2) is 15.5. The van der Waals surface area contributed by atoms with Crippen LogP contribution in [0.15, 0.2) is 48.5 Å². The van der Waals surface area contributed by atoms with Crippen molar-refractivity contribution in [2.45, 2.75) is 109 Å². The molecule has 2 saturated heterocycles. The Balaban J connectivity index is 1.20. The van der Waals surface area contributed by atoms with Gasteiger partial charge in [0.1, 0.15) is 12.1 Å². The van der Waals surface area contributed by atoms with E-state index in [-0.39, 0.29) is 49.8 Å². The first-order valence-electron chi connectivity index (χ1n) is 16.0. The largest absolute Gasteiger partial charge is 0.494 e. The average molecular weight is 675 g/mol. The minimum Gasteiger partial charge on any atom is -0.399 e. The molecule has 4 N–H and O–H groups in total. The van der Waals surface area contributed by atoms with E-state index >= 15 is 0 Å². The van der Waals surface area contributed by atoms with Crippen molar-refractivity contribution in [3.63, 3.8) is 0 Å². The molecular formula is C33H42BF3N4O7. The van der Waals surface area contributed by atoms with Crippen molar-refractivity contribution in [3.05, 3.63) is 59.7 Å². The molecule has 0 aromatic heterocycles. The van der Waals surface area contributed by atoms with E-state index in [4.69, 9.17) is 14.1 Å². The molecule has 0 unspecified atom stereocenters. The van der Waals surface area contributed by atoms with E-state index in [9.17, 15) is 32.3 Å². The molecule has 0 spiro atoms. The molecule has 0 radical (unpaired) electrons. The maximum absolute atomic E-state index is 13.1. The van der Waals surface area contributed by atoms with Crippen molar-refractivity contribution >= 4 is 41.9 Å². The molecule has 2 atom stereocenters. The van der Waals surface area contributed by atoms with Crippen LogP contribution in [-0.4, -0.2) is 54.0 Å². The van der Waals surface area contributed by atoms with Gasteiger partial charge in [0.15, 0.2) is 0 Å². The average Bonchev–Trinajstić information content (AvgIpc) is 3.54. The van der Waals surface area contributed by atoms with Gasteiger partial charge in [0.25, 0.3) is 0 Å². The zero-order valence-corrected chi connectivity index (χ0v) is 27.5. The van der Waals surface area contributed by atoms with Crippen molar-refractivity contribution in [3.8, 4) is 0 Å². The van der Waals surface area contributed by atoms with Crippen LogP contribution >= 0.6 is 0 Å². The van der Waals surface area contributed by atoms with E-state index in [2.05, 4.69) is 21.4 Å². The van der Waals surface area contributed by atoms with Crippen LogP contribution in [0.25, 0.3) is 0 Å². The number of hydroxylamine groups is 1. The lowest BCUT2D eigenvalue weighted by Gasteiger charge is -2.32. The van der Waals surface area contributed by atoms with Crippen molar-refractivity contribution in [2.75, 3.05) is 5.32 Å². The Morgan fingerprint density at radius 3 is 2.33 bits per heavy atom. The van der Waals surface area contributed by atoms with Crippen LogP contribution < -0.4 is 26.9 Å². The molecule has 0 saturated carbocycles. The molecule has 4 rings (SSSR count). The molecule has 2 aromatic rings. The Labute approximate surface area is 278 Å². The summed E-state index contributed by atoms with van der Waals surface area (Å²) in [6, 6.07) is 9.84. The van der Waals surface area contributed by atoms with Crippen LogP contribution in [0.2, 0.25) is 0 Å². The minimum atomic E-state index is -4.59. The van der Waals surface area contributed by atoms with E-state index in [1.807, 2.05) is 52.0 Å². The number of amides is 4. The van der Waals surface area contributed by atoms with Crippen LogP contribution in [0.3, 0.4) is 0 Å². The Bertz CT molecular complexity index is 1450. The van der Waals surface area contributed by atoms with Gasteiger partial charge >= 0.3 is 13.3 Å². The molecule has 2 heterocycles. The SMILES string of the molecule is CC1(C)OB(c2ccc(CONC(=O)CCCCC[C@H](NC(=O)[C@H]3CCC(=O)N3)C(=O)Nc3cccc(C(F)(F)F)c3)cc2)OC1(C)C. The highest BCUT2D eigenvalue weighted by molar-refractivity contribution is 6.62. The molecule has 2 aliphatic heterocycles. The minimum absolute atomic E-state index is 0.0687. The Hall–Kier alpha value is -3.95. The van der Waals surface area contributed by atoms with Crippen molar-refractivity contribution in [2.24, 2.45) is 0 Å². The molecule has 11 nitrogen and oxygen atoms in total. The van der Waals surface area contributed by atoms with Crippen LogP contribution in [0.5, 0.6) is 0 Å². The molecule has 260 valence electrons. The molecule has 2 fully saturated rings. The number of hydrogen-bond acceptors (Lipinski definition) is 7. The summed E-state index contributed by atoms with van der Waals surface area (Å²) < 4.78 is 51.5. The predicted octanol–water partition coefficient (Wildman–Crippen LogP) is 3.91. The van der Waals surface area contributed by atoms with Crippen molar-refractivity contribution in [1.82, 2.24) is 16.1 Å². The number of alkyl halides is 3. The van der Waals surface area contributed by atoms with E-state index in [0.717, 1.165) is 23.2 Å². The van der Waals surface area contributed by atoms with Crippen LogP contribution in [0, 0.1) is 0 Å². The van der Waals surface area contributed by atoms with E-state index in [1.54, 1.807) is 0 Å². The fourth-order valence-electron chi connectivity index (χ4n) is 5.17. The molecule has 4 amide bonds. The lowest BCUT2D eigenvalue weighted by atomic mass is 9.79. The predicted molar refractivity (Wildman–Crippen MR) is 171 cm³/mol. The molecule has 48 heavy (non-hydrogen) atoms. The maximum atomic E-state index is 13.1. The number of anilines is 1. The molecule has 0 bridgehead atoms. The summed E-state index contributed by atoms with van der Waals surface area (Å²) in [6.07, 6.45) is -2.39. The zero-order chi connectivity index (χ0) is 35.1. The van der Waals surface area contributed by atoms with Gasteiger partial charge in [-0.15, -0.1) is 0 Å². The third-order valence-electron chi connectivity index (χ3n) is 8.73. The Morgan fingerprint density at radius 2 is 1.71 bits per heavy atom. The second-order valence-corrected chi connectivity index (χ2v) is 13.0. The Kier molecular flexibility index (Phi) is 11.9. The maximum Gasteiger partial charge on any atom is 0.494 e. The summed E-state index contributed by atoms with van der Waals surface area (Å²) >= 11 is 0. The molecule has 2 aliphatic rings. The van der Waals surface area contributed by atoms with Gasteiger partial charge in [-0.2, -0.15) is 13.2 Å². The highest BCUT2D eigenvalue weighted by Crippen LogP contribution is 2.36. The van der Waals surface area contributed by atoms with Crippen LogP contribution in [0.1, 0.15) is 83.8 Å². The van der Waals surface area contributed by atoms with Crippen molar-refractivity contribution in [1.29, 1.82) is 0 Å². The third kappa shape index (κ3) is 10.0. The lowest BCUT2D eigenvalue weighted by Crippen LogP contribution is -2.50. The van der Waals surface area contributed by atoms with Gasteiger partial charge in [0.05, 0.1) is 23.4 Å². The first-order chi connectivity index (χ1) is 22.5. The van der Waals surface area contributed by atoms with E-state index in [1.165, 1.54) is 12.1 Å². The number of benzene rings is 2. The summed E-state index contributed by atoms with van der Waals surface area (Å²) in [6.45, 7) is 8.10. The topological polar surface area (TPSA) is 144 Å². The van der Waals surface area contributed by atoms with Gasteiger partial charge in [0.2, 0.25) is 23.6 Å². The summed E-state index contributed by atoms with van der Waals surface area (Å²) in [5.74, 6) is -1.85. The number of rotatable bonds is 14. The van der Waals surface area contributed by atoms with E-state index in [0.29, 0.717) is 19.3 Å². The summed E-state index contributed by atoms with van der Waals surface area (Å²) in [4.78, 5) is 55.0. The van der Waals surface area contributed by atoms with Crippen LogP contribution in [-0.2, 0) is 46.1 Å². The fraction of sp³-hybridized carbons (Fsp3) is 0.515. The smallest absolute Gasteiger partial charge is 0.399 e. The van der Waals surface area contributed by atoms with Gasteiger partial charge < -0.3 is 25.3 Å². The molecule has 2 aromatic carbocycles.